The van der Waals surface area contributed by atoms with Gasteiger partial charge in [-0.05, 0) is 39.2 Å². The van der Waals surface area contributed by atoms with Gasteiger partial charge < -0.3 is 5.32 Å². The highest BCUT2D eigenvalue weighted by atomic mass is 19.4. The van der Waals surface area contributed by atoms with Gasteiger partial charge in [0.15, 0.2) is 0 Å². The summed E-state index contributed by atoms with van der Waals surface area (Å²) in [5, 5.41) is 12.1. The Bertz CT molecular complexity index is 345. The second-order valence-corrected chi connectivity index (χ2v) is 5.36. The molecule has 0 radical (unpaired) electrons. The van der Waals surface area contributed by atoms with E-state index in [2.05, 4.69) is 11.4 Å². The van der Waals surface area contributed by atoms with Crippen molar-refractivity contribution < 1.29 is 13.2 Å². The first kappa shape index (κ1) is 13.6. The van der Waals surface area contributed by atoms with Crippen molar-refractivity contribution in [3.05, 3.63) is 0 Å². The highest BCUT2D eigenvalue weighted by Crippen LogP contribution is 2.39. The number of hydrogen-bond acceptors (Lipinski definition) is 3. The van der Waals surface area contributed by atoms with E-state index in [-0.39, 0.29) is 12.1 Å². The minimum absolute atomic E-state index is 0.0722. The molecule has 0 aliphatic heterocycles. The van der Waals surface area contributed by atoms with Gasteiger partial charge in [-0.3, -0.25) is 4.90 Å². The number of nitrogens with one attached hydrogen (secondary N) is 1. The third-order valence-electron chi connectivity index (χ3n) is 4.03. The number of halogens is 3. The van der Waals surface area contributed by atoms with E-state index in [4.69, 9.17) is 5.26 Å². The summed E-state index contributed by atoms with van der Waals surface area (Å²) in [6.45, 7) is -0.840. The normalized spacial score (nSPS) is 32.8. The Morgan fingerprint density at radius 1 is 1.33 bits per heavy atom. The fourth-order valence-electron chi connectivity index (χ4n) is 2.86. The van der Waals surface area contributed by atoms with Gasteiger partial charge in [0.1, 0.15) is 5.54 Å². The van der Waals surface area contributed by atoms with Gasteiger partial charge >= 0.3 is 6.18 Å². The minimum Gasteiger partial charge on any atom is -0.302 e. The average Bonchev–Trinajstić information content (AvgIpc) is 3.05. The Hall–Kier alpha value is -0.800. The largest absolute Gasteiger partial charge is 0.401 e. The molecule has 3 nitrogen and oxygen atoms in total. The van der Waals surface area contributed by atoms with Crippen molar-refractivity contribution in [2.24, 2.45) is 0 Å². The van der Waals surface area contributed by atoms with Crippen LogP contribution in [-0.4, -0.2) is 42.3 Å². The standard InChI is InChI=1S/C12H18F3N3/c1-17-11(7-16)5-4-10(6-11)18(9-2-3-9)8-12(13,14)15/h9-10,17H,2-6,8H2,1H3. The van der Waals surface area contributed by atoms with Crippen molar-refractivity contribution in [3.63, 3.8) is 0 Å². The van der Waals surface area contributed by atoms with Crippen LogP contribution in [0.4, 0.5) is 13.2 Å². The van der Waals surface area contributed by atoms with Crippen LogP contribution >= 0.6 is 0 Å². The van der Waals surface area contributed by atoms with Crippen molar-refractivity contribution in [1.82, 2.24) is 10.2 Å². The second-order valence-electron chi connectivity index (χ2n) is 5.36. The van der Waals surface area contributed by atoms with Crippen LogP contribution in [0.25, 0.3) is 0 Å². The molecule has 0 spiro atoms. The van der Waals surface area contributed by atoms with Crippen LogP contribution in [0.1, 0.15) is 32.1 Å². The molecule has 2 unspecified atom stereocenters. The van der Waals surface area contributed by atoms with E-state index in [9.17, 15) is 13.2 Å². The van der Waals surface area contributed by atoms with E-state index in [0.717, 1.165) is 12.8 Å². The Labute approximate surface area is 105 Å². The summed E-state index contributed by atoms with van der Waals surface area (Å²) >= 11 is 0. The third kappa shape index (κ3) is 2.96. The van der Waals surface area contributed by atoms with E-state index in [1.54, 1.807) is 11.9 Å². The number of nitrogens with zero attached hydrogens (tertiary/aromatic N) is 2. The molecule has 2 aliphatic rings. The maximum Gasteiger partial charge on any atom is 0.401 e. The molecule has 2 aliphatic carbocycles. The van der Waals surface area contributed by atoms with Crippen LogP contribution in [0.2, 0.25) is 0 Å². The van der Waals surface area contributed by atoms with Gasteiger partial charge in [-0.1, -0.05) is 0 Å². The average molecular weight is 261 g/mol. The first-order chi connectivity index (χ1) is 8.39. The van der Waals surface area contributed by atoms with Gasteiger partial charge in [0.05, 0.1) is 12.6 Å². The molecule has 0 aromatic carbocycles. The molecule has 0 aromatic rings. The summed E-state index contributed by atoms with van der Waals surface area (Å²) < 4.78 is 37.7. The second kappa shape index (κ2) is 4.71. The summed E-state index contributed by atoms with van der Waals surface area (Å²) in [6, 6.07) is 2.17. The van der Waals surface area contributed by atoms with Gasteiger partial charge in [-0.15, -0.1) is 0 Å². The fourth-order valence-corrected chi connectivity index (χ4v) is 2.86. The van der Waals surface area contributed by atoms with Crippen LogP contribution in [0, 0.1) is 11.3 Å². The predicted molar refractivity (Wildman–Crippen MR) is 60.8 cm³/mol. The first-order valence-corrected chi connectivity index (χ1v) is 6.32. The van der Waals surface area contributed by atoms with Gasteiger partial charge in [-0.25, -0.2) is 0 Å². The van der Waals surface area contributed by atoms with E-state index in [0.29, 0.717) is 19.3 Å². The lowest BCUT2D eigenvalue weighted by Crippen LogP contribution is -2.45. The van der Waals surface area contributed by atoms with Crippen LogP contribution in [0.5, 0.6) is 0 Å². The summed E-state index contributed by atoms with van der Waals surface area (Å²) in [7, 11) is 1.71. The Morgan fingerprint density at radius 3 is 2.39 bits per heavy atom. The van der Waals surface area contributed by atoms with Crippen LogP contribution in [-0.2, 0) is 0 Å². The lowest BCUT2D eigenvalue weighted by molar-refractivity contribution is -0.152. The van der Waals surface area contributed by atoms with Crippen molar-refractivity contribution in [3.8, 4) is 6.07 Å². The van der Waals surface area contributed by atoms with Gasteiger partial charge in [0, 0.05) is 12.1 Å². The van der Waals surface area contributed by atoms with Crippen LogP contribution < -0.4 is 5.32 Å². The predicted octanol–water partition coefficient (Wildman–Crippen LogP) is 2.05. The zero-order valence-electron chi connectivity index (χ0n) is 10.4. The molecule has 6 heteroatoms. The topological polar surface area (TPSA) is 39.1 Å². The lowest BCUT2D eigenvalue weighted by atomic mass is 10.00. The van der Waals surface area contributed by atoms with Crippen molar-refractivity contribution >= 4 is 0 Å². The monoisotopic (exact) mass is 261 g/mol. The van der Waals surface area contributed by atoms with E-state index < -0.39 is 18.3 Å². The molecule has 2 saturated carbocycles. The minimum atomic E-state index is -4.15. The molecule has 0 saturated heterocycles. The molecular weight excluding hydrogens is 243 g/mol. The maximum atomic E-state index is 12.6. The van der Waals surface area contributed by atoms with Gasteiger partial charge in [0.25, 0.3) is 0 Å². The molecule has 2 fully saturated rings. The third-order valence-corrected chi connectivity index (χ3v) is 4.03. The highest BCUT2D eigenvalue weighted by Gasteiger charge is 2.47. The Kier molecular flexibility index (Phi) is 3.56. The fraction of sp³-hybridized carbons (Fsp3) is 0.917. The van der Waals surface area contributed by atoms with Crippen molar-refractivity contribution in [2.75, 3.05) is 13.6 Å². The molecular formula is C12H18F3N3. The van der Waals surface area contributed by atoms with E-state index in [1.807, 2.05) is 0 Å². The molecule has 2 atom stereocenters. The molecule has 0 amide bonds. The van der Waals surface area contributed by atoms with Gasteiger partial charge in [0.2, 0.25) is 0 Å². The summed E-state index contributed by atoms with van der Waals surface area (Å²) in [4.78, 5) is 1.57. The van der Waals surface area contributed by atoms with Gasteiger partial charge in [-0.2, -0.15) is 18.4 Å². The number of nitriles is 1. The maximum absolute atomic E-state index is 12.6. The van der Waals surface area contributed by atoms with Crippen LogP contribution in [0.15, 0.2) is 0 Å². The Morgan fingerprint density at radius 2 is 2.00 bits per heavy atom. The number of hydrogen-bond donors (Lipinski definition) is 1. The summed E-state index contributed by atoms with van der Waals surface area (Å²) in [6.07, 6.45) is -0.656. The molecule has 0 bridgehead atoms. The first-order valence-electron chi connectivity index (χ1n) is 6.32. The van der Waals surface area contributed by atoms with Crippen LogP contribution in [0.3, 0.4) is 0 Å². The van der Waals surface area contributed by atoms with E-state index >= 15 is 0 Å². The molecule has 0 heterocycles. The highest BCUT2D eigenvalue weighted by molar-refractivity contribution is 5.13. The Balaban J connectivity index is 2.03. The number of alkyl halides is 3. The summed E-state index contributed by atoms with van der Waals surface area (Å²) in [5.41, 5.74) is -0.636. The quantitative estimate of drug-likeness (QED) is 0.841. The zero-order valence-corrected chi connectivity index (χ0v) is 10.4. The molecule has 102 valence electrons. The lowest BCUT2D eigenvalue weighted by Gasteiger charge is -2.30. The zero-order chi connectivity index (χ0) is 13.4. The smallest absolute Gasteiger partial charge is 0.302 e. The molecule has 2 rings (SSSR count). The van der Waals surface area contributed by atoms with Crippen molar-refractivity contribution in [1.29, 1.82) is 5.26 Å². The molecule has 1 N–H and O–H groups in total. The van der Waals surface area contributed by atoms with Crippen molar-refractivity contribution in [2.45, 2.75) is 55.9 Å². The number of rotatable bonds is 4. The summed E-state index contributed by atoms with van der Waals surface area (Å²) in [5.74, 6) is 0. The van der Waals surface area contributed by atoms with E-state index in [1.165, 1.54) is 0 Å². The SMILES string of the molecule is CNC1(C#N)CCC(N(CC(F)(F)F)C2CC2)C1. The molecule has 0 aromatic heterocycles. The molecule has 18 heavy (non-hydrogen) atoms.